The molecule has 3 saturated heterocycles. The number of ether oxygens (including phenoxy) is 2. The number of rotatable bonds is 5. The molecule has 2 aromatic rings. The lowest BCUT2D eigenvalue weighted by Gasteiger charge is -2.39. The summed E-state index contributed by atoms with van der Waals surface area (Å²) >= 11 is 0. The highest BCUT2D eigenvalue weighted by atomic mass is 19.4. The molecular formula is C31H35F4N5O3. The van der Waals surface area contributed by atoms with Crippen molar-refractivity contribution in [2.24, 2.45) is 0 Å². The third-order valence-corrected chi connectivity index (χ3v) is 9.13. The number of terminal acetylenes is 1. The van der Waals surface area contributed by atoms with Crippen molar-refractivity contribution in [3.8, 4) is 18.4 Å². The van der Waals surface area contributed by atoms with Gasteiger partial charge in [-0.15, -0.1) is 6.42 Å². The van der Waals surface area contributed by atoms with Gasteiger partial charge in [0.25, 0.3) is 0 Å². The Hall–Kier alpha value is -3.40. The summed E-state index contributed by atoms with van der Waals surface area (Å²) in [6.07, 6.45) is 3.01. The van der Waals surface area contributed by atoms with Crippen LogP contribution in [-0.4, -0.2) is 63.9 Å². The van der Waals surface area contributed by atoms with E-state index in [0.29, 0.717) is 49.6 Å². The van der Waals surface area contributed by atoms with Crippen LogP contribution in [0.2, 0.25) is 0 Å². The van der Waals surface area contributed by atoms with Gasteiger partial charge in [-0.25, -0.2) is 4.39 Å². The fraction of sp³-hybridized carbons (Fsp3) is 0.548. The average molecular weight is 602 g/mol. The molecule has 1 aromatic heterocycles. The summed E-state index contributed by atoms with van der Waals surface area (Å²) in [5.41, 5.74) is 3.61. The molecule has 4 aliphatic rings. The highest BCUT2D eigenvalue weighted by Crippen LogP contribution is 2.45. The molecule has 8 nitrogen and oxygen atoms in total. The van der Waals surface area contributed by atoms with Crippen molar-refractivity contribution in [2.75, 3.05) is 43.4 Å². The van der Waals surface area contributed by atoms with Crippen LogP contribution in [-0.2, 0) is 23.9 Å². The molecule has 12 heteroatoms. The van der Waals surface area contributed by atoms with E-state index in [1.165, 1.54) is 0 Å². The standard InChI is InChI=1S/C31H35F4N5O3/c1-4-19-11-21(36)26(32)24(25(19)31(33,34)35)23-12-22-20(15-42-23)27(39-9-5-7-29(3,41)16-39)38-28(37-22)43-17-30-8-6-10-40(30)14-18(2)13-30/h1,11,23,41H,2,5-10,12-17,36H2,3H3/t23-,29+,30-/m0/s1. The van der Waals surface area contributed by atoms with E-state index in [9.17, 15) is 18.3 Å². The second kappa shape index (κ2) is 10.6. The van der Waals surface area contributed by atoms with Gasteiger partial charge in [0.2, 0.25) is 0 Å². The minimum atomic E-state index is -4.95. The van der Waals surface area contributed by atoms with Crippen molar-refractivity contribution < 1.29 is 32.1 Å². The van der Waals surface area contributed by atoms with E-state index < -0.39 is 46.1 Å². The summed E-state index contributed by atoms with van der Waals surface area (Å²) in [7, 11) is 0. The van der Waals surface area contributed by atoms with Gasteiger partial charge in [0.1, 0.15) is 12.4 Å². The van der Waals surface area contributed by atoms with Crippen LogP contribution >= 0.6 is 0 Å². The summed E-state index contributed by atoms with van der Waals surface area (Å²) in [6.45, 7) is 8.74. The number of anilines is 2. The van der Waals surface area contributed by atoms with E-state index in [2.05, 4.69) is 16.5 Å². The highest BCUT2D eigenvalue weighted by Gasteiger charge is 2.47. The number of halogens is 4. The van der Waals surface area contributed by atoms with Gasteiger partial charge in [-0.05, 0) is 51.6 Å². The monoisotopic (exact) mass is 601 g/mol. The van der Waals surface area contributed by atoms with Crippen LogP contribution in [0.1, 0.15) is 73.1 Å². The summed E-state index contributed by atoms with van der Waals surface area (Å²) in [5, 5.41) is 10.8. The summed E-state index contributed by atoms with van der Waals surface area (Å²) in [4.78, 5) is 13.7. The van der Waals surface area contributed by atoms with Crippen LogP contribution in [0.3, 0.4) is 0 Å². The van der Waals surface area contributed by atoms with E-state index in [1.54, 1.807) is 6.92 Å². The molecule has 0 unspecified atom stereocenters. The lowest BCUT2D eigenvalue weighted by Crippen LogP contribution is -2.47. The van der Waals surface area contributed by atoms with Crippen LogP contribution in [0.5, 0.6) is 6.01 Å². The van der Waals surface area contributed by atoms with Gasteiger partial charge in [-0.1, -0.05) is 18.1 Å². The first-order valence-corrected chi connectivity index (χ1v) is 14.5. The Labute approximate surface area is 247 Å². The van der Waals surface area contributed by atoms with Crippen LogP contribution < -0.4 is 15.4 Å². The number of nitrogen functional groups attached to an aromatic ring is 1. The van der Waals surface area contributed by atoms with Gasteiger partial charge in [0.05, 0.1) is 40.8 Å². The summed E-state index contributed by atoms with van der Waals surface area (Å²) < 4.78 is 70.3. The molecule has 3 N–H and O–H groups in total. The number of nitrogens with zero attached hydrogens (tertiary/aromatic N) is 4. The third kappa shape index (κ3) is 5.43. The maximum Gasteiger partial charge on any atom is 0.418 e. The second-order valence-corrected chi connectivity index (χ2v) is 12.5. The van der Waals surface area contributed by atoms with Crippen LogP contribution in [0, 0.1) is 18.2 Å². The number of hydrogen-bond acceptors (Lipinski definition) is 8. The number of hydrogen-bond donors (Lipinski definition) is 2. The fourth-order valence-corrected chi connectivity index (χ4v) is 7.21. The third-order valence-electron chi connectivity index (χ3n) is 9.13. The van der Waals surface area contributed by atoms with Crippen LogP contribution in [0.25, 0.3) is 0 Å². The van der Waals surface area contributed by atoms with Gasteiger partial charge >= 0.3 is 12.2 Å². The predicted octanol–water partition coefficient (Wildman–Crippen LogP) is 4.54. The van der Waals surface area contributed by atoms with Gasteiger partial charge < -0.3 is 25.2 Å². The SMILES string of the molecule is C#Cc1cc(N)c(F)c([C@@H]2Cc3nc(OC[C@@]45CCCN4CC(=C)C5)nc(N4CCC[C@@](C)(O)C4)c3CO2)c1C(F)(F)F. The van der Waals surface area contributed by atoms with Crippen LogP contribution in [0.15, 0.2) is 18.2 Å². The lowest BCUT2D eigenvalue weighted by atomic mass is 9.90. The Morgan fingerprint density at radius 3 is 2.77 bits per heavy atom. The van der Waals surface area contributed by atoms with E-state index in [4.69, 9.17) is 26.6 Å². The maximum atomic E-state index is 15.4. The molecule has 3 atom stereocenters. The van der Waals surface area contributed by atoms with Crippen molar-refractivity contribution in [3.05, 3.63) is 52.0 Å². The topological polar surface area (TPSA) is 97.0 Å². The summed E-state index contributed by atoms with van der Waals surface area (Å²) in [5.74, 6) is 1.26. The lowest BCUT2D eigenvalue weighted by molar-refractivity contribution is -0.140. The van der Waals surface area contributed by atoms with Crippen molar-refractivity contribution >= 4 is 11.5 Å². The molecule has 230 valence electrons. The zero-order chi connectivity index (χ0) is 30.7. The molecule has 0 spiro atoms. The van der Waals surface area contributed by atoms with Crippen molar-refractivity contribution in [3.63, 3.8) is 0 Å². The van der Waals surface area contributed by atoms with E-state index in [-0.39, 0.29) is 24.6 Å². The first kappa shape index (κ1) is 29.7. The van der Waals surface area contributed by atoms with Crippen molar-refractivity contribution in [1.82, 2.24) is 14.9 Å². The number of aliphatic hydroxyl groups is 1. The zero-order valence-corrected chi connectivity index (χ0v) is 24.1. The fourth-order valence-electron chi connectivity index (χ4n) is 7.21. The molecule has 0 saturated carbocycles. The minimum Gasteiger partial charge on any atom is -0.461 e. The molecule has 3 fully saturated rings. The molecule has 5 heterocycles. The normalized spacial score (nSPS) is 27.6. The van der Waals surface area contributed by atoms with Gasteiger partial charge in [-0.3, -0.25) is 4.90 Å². The number of aromatic nitrogens is 2. The van der Waals surface area contributed by atoms with E-state index >= 15 is 4.39 Å². The van der Waals surface area contributed by atoms with Gasteiger partial charge in [0, 0.05) is 42.7 Å². The van der Waals surface area contributed by atoms with Gasteiger partial charge in [0.15, 0.2) is 5.82 Å². The quantitative estimate of drug-likeness (QED) is 0.223. The molecule has 0 amide bonds. The minimum absolute atomic E-state index is 0.0757. The number of benzene rings is 1. The smallest absolute Gasteiger partial charge is 0.418 e. The Morgan fingerprint density at radius 2 is 2.05 bits per heavy atom. The van der Waals surface area contributed by atoms with E-state index in [1.807, 2.05) is 10.8 Å². The number of alkyl halides is 3. The largest absolute Gasteiger partial charge is 0.461 e. The average Bonchev–Trinajstić information content (AvgIpc) is 3.46. The second-order valence-electron chi connectivity index (χ2n) is 12.5. The molecule has 0 radical (unpaired) electrons. The Morgan fingerprint density at radius 1 is 1.28 bits per heavy atom. The summed E-state index contributed by atoms with van der Waals surface area (Å²) in [6, 6.07) is 0.891. The molecular weight excluding hydrogens is 566 g/mol. The maximum absolute atomic E-state index is 15.4. The van der Waals surface area contributed by atoms with Crippen molar-refractivity contribution in [2.45, 2.75) is 75.5 Å². The molecule has 1 aromatic carbocycles. The molecule has 43 heavy (non-hydrogen) atoms. The Bertz CT molecular complexity index is 1500. The molecule has 6 rings (SSSR count). The van der Waals surface area contributed by atoms with Crippen molar-refractivity contribution in [1.29, 1.82) is 0 Å². The predicted molar refractivity (Wildman–Crippen MR) is 152 cm³/mol. The first-order chi connectivity index (χ1) is 20.3. The molecule has 0 aliphatic carbocycles. The number of fused-ring (bicyclic) bond motifs is 2. The highest BCUT2D eigenvalue weighted by molar-refractivity contribution is 5.59. The zero-order valence-electron chi connectivity index (χ0n) is 24.1. The molecule has 0 bridgehead atoms. The number of nitrogens with two attached hydrogens (primary N) is 1. The van der Waals surface area contributed by atoms with Gasteiger partial charge in [-0.2, -0.15) is 23.1 Å². The van der Waals surface area contributed by atoms with Crippen LogP contribution in [0.4, 0.5) is 29.1 Å². The Balaban J connectivity index is 1.39. The first-order valence-electron chi connectivity index (χ1n) is 14.5. The molecule has 4 aliphatic heterocycles. The Kier molecular flexibility index (Phi) is 7.34. The van der Waals surface area contributed by atoms with E-state index in [0.717, 1.165) is 44.0 Å². The number of β-amino-alcohol motifs (C(OH)–C–C–N with tert-alkyl or cyclic N) is 1. The number of piperidine rings is 1.